The highest BCUT2D eigenvalue weighted by Gasteiger charge is 2.22. The van der Waals surface area contributed by atoms with Gasteiger partial charge in [-0.2, -0.15) is 8.42 Å². The molecule has 0 unspecified atom stereocenters. The summed E-state index contributed by atoms with van der Waals surface area (Å²) < 4.78 is 34.6. The zero-order valence-electron chi connectivity index (χ0n) is 19.5. The van der Waals surface area contributed by atoms with Crippen LogP contribution in [0.5, 0.6) is 11.5 Å². The minimum absolute atomic E-state index is 0.00885. The normalized spacial score (nSPS) is 13.0. The summed E-state index contributed by atoms with van der Waals surface area (Å²) in [6.45, 7) is 13.8. The Morgan fingerprint density at radius 2 is 1.39 bits per heavy atom. The summed E-state index contributed by atoms with van der Waals surface area (Å²) in [5.74, 6) is 0.311. The van der Waals surface area contributed by atoms with Crippen LogP contribution in [0.3, 0.4) is 0 Å². The molecule has 0 heterocycles. The fraction of sp³-hybridized carbons (Fsp3) is 0.259. The van der Waals surface area contributed by atoms with E-state index in [1.807, 2.05) is 46.8 Å². The zero-order chi connectivity index (χ0) is 24.7. The van der Waals surface area contributed by atoms with Crippen molar-refractivity contribution in [2.75, 3.05) is 0 Å². The highest BCUT2D eigenvalue weighted by Crippen LogP contribution is 2.35. The molecule has 0 aliphatic carbocycles. The summed E-state index contributed by atoms with van der Waals surface area (Å²) in [7, 11) is -4.53. The maximum atomic E-state index is 12.3. The van der Waals surface area contributed by atoms with Crippen LogP contribution in [0, 0.1) is 6.92 Å². The van der Waals surface area contributed by atoms with Gasteiger partial charge >= 0.3 is 0 Å². The van der Waals surface area contributed by atoms with Crippen LogP contribution in [0.1, 0.15) is 67.3 Å². The molecule has 0 saturated carbocycles. The molecule has 0 radical (unpaired) electrons. The van der Waals surface area contributed by atoms with Gasteiger partial charge in [0.2, 0.25) is 0 Å². The zero-order valence-corrected chi connectivity index (χ0v) is 20.4. The molecule has 0 atom stereocenters. The van der Waals surface area contributed by atoms with Crippen molar-refractivity contribution < 1.29 is 23.2 Å². The molecule has 0 aliphatic rings. The van der Waals surface area contributed by atoms with Crippen molar-refractivity contribution in [1.29, 1.82) is 0 Å². The van der Waals surface area contributed by atoms with E-state index in [-0.39, 0.29) is 28.2 Å². The predicted octanol–water partition coefficient (Wildman–Crippen LogP) is 4.56. The molecular formula is C27H30O5S. The van der Waals surface area contributed by atoms with Crippen molar-refractivity contribution in [3.05, 3.63) is 86.8 Å². The van der Waals surface area contributed by atoms with Crippen LogP contribution in [0.4, 0.5) is 0 Å². The summed E-state index contributed by atoms with van der Waals surface area (Å²) in [5.41, 5.74) is 3.71. The lowest BCUT2D eigenvalue weighted by Gasteiger charge is -2.19. The van der Waals surface area contributed by atoms with Crippen molar-refractivity contribution >= 4 is 22.3 Å². The molecule has 0 fully saturated rings. The van der Waals surface area contributed by atoms with Crippen LogP contribution in [0.15, 0.2) is 53.4 Å². The van der Waals surface area contributed by atoms with Gasteiger partial charge in [0, 0.05) is 5.56 Å². The minimum Gasteiger partial charge on any atom is -0.508 e. The molecule has 3 aromatic carbocycles. The molecule has 3 N–H and O–H groups in total. The number of aryl methyl sites for hydroxylation is 1. The van der Waals surface area contributed by atoms with E-state index in [9.17, 15) is 23.2 Å². The first kappa shape index (κ1) is 24.6. The Kier molecular flexibility index (Phi) is 6.73. The Balaban J connectivity index is 2.64. The second-order valence-electron chi connectivity index (χ2n) is 8.95. The second kappa shape index (κ2) is 9.04. The second-order valence-corrected chi connectivity index (χ2v) is 10.3. The van der Waals surface area contributed by atoms with E-state index < -0.39 is 10.1 Å². The molecule has 6 heteroatoms. The van der Waals surface area contributed by atoms with Crippen molar-refractivity contribution in [3.63, 3.8) is 0 Å². The number of aromatic hydroxyl groups is 2. The van der Waals surface area contributed by atoms with Crippen LogP contribution < -0.4 is 10.4 Å². The molecule has 33 heavy (non-hydrogen) atoms. The van der Waals surface area contributed by atoms with Crippen molar-refractivity contribution in [1.82, 2.24) is 0 Å². The third-order valence-corrected chi connectivity index (χ3v) is 6.75. The van der Waals surface area contributed by atoms with Gasteiger partial charge in [0.25, 0.3) is 10.1 Å². The lowest BCUT2D eigenvalue weighted by molar-refractivity contribution is 0.464. The molecule has 3 rings (SSSR count). The van der Waals surface area contributed by atoms with E-state index in [1.165, 1.54) is 6.07 Å². The van der Waals surface area contributed by atoms with Gasteiger partial charge in [0.1, 0.15) is 16.4 Å². The summed E-state index contributed by atoms with van der Waals surface area (Å²) >= 11 is 0. The van der Waals surface area contributed by atoms with Gasteiger partial charge in [0.15, 0.2) is 0 Å². The molecule has 0 amide bonds. The van der Waals surface area contributed by atoms with Crippen LogP contribution in [0.2, 0.25) is 0 Å². The van der Waals surface area contributed by atoms with Crippen LogP contribution in [-0.2, 0) is 10.1 Å². The van der Waals surface area contributed by atoms with Gasteiger partial charge < -0.3 is 10.2 Å². The van der Waals surface area contributed by atoms with Crippen molar-refractivity contribution in [2.24, 2.45) is 0 Å². The van der Waals surface area contributed by atoms with Crippen molar-refractivity contribution in [2.45, 2.75) is 51.3 Å². The Bertz CT molecular complexity index is 1430. The Hall–Kier alpha value is -3.09. The fourth-order valence-corrected chi connectivity index (χ4v) is 4.82. The van der Waals surface area contributed by atoms with Gasteiger partial charge in [-0.25, -0.2) is 0 Å². The Morgan fingerprint density at radius 3 is 1.97 bits per heavy atom. The quantitative estimate of drug-likeness (QED) is 0.479. The number of phenols is 2. The molecule has 0 aliphatic heterocycles. The van der Waals surface area contributed by atoms with Crippen molar-refractivity contribution in [3.8, 4) is 11.5 Å². The molecule has 5 nitrogen and oxygen atoms in total. The van der Waals surface area contributed by atoms with Gasteiger partial charge in [0.05, 0.1) is 0 Å². The first-order valence-corrected chi connectivity index (χ1v) is 12.2. The Morgan fingerprint density at radius 1 is 0.848 bits per heavy atom. The standard InChI is InChI=1S/C27H30O5S/c1-15(2)20-13-22(17(5)11-24(20)28)27(19-9-7-8-10-26(19)33(30,31)32)23-14-21(16(3)4)25(29)12-18(23)6/h7-16,28-29H,5H2,1-4,6H3,(H,30,31,32). The summed E-state index contributed by atoms with van der Waals surface area (Å²) in [6, 6.07) is 13.2. The Labute approximate surface area is 195 Å². The number of hydrogen-bond acceptors (Lipinski definition) is 4. The average Bonchev–Trinajstić information content (AvgIpc) is 2.70. The maximum Gasteiger partial charge on any atom is 0.295 e. The van der Waals surface area contributed by atoms with Gasteiger partial charge in [-0.1, -0.05) is 52.5 Å². The predicted molar refractivity (Wildman–Crippen MR) is 132 cm³/mol. The van der Waals surface area contributed by atoms with Gasteiger partial charge in [-0.3, -0.25) is 4.55 Å². The molecule has 0 aromatic heterocycles. The van der Waals surface area contributed by atoms with E-state index in [0.717, 1.165) is 5.56 Å². The first-order chi connectivity index (χ1) is 15.3. The number of phenolic OH excluding ortho intramolecular Hbond substituents is 2. The molecular weight excluding hydrogens is 436 g/mol. The molecule has 174 valence electrons. The van der Waals surface area contributed by atoms with E-state index in [4.69, 9.17) is 0 Å². The number of benzene rings is 3. The number of hydrogen-bond donors (Lipinski definition) is 3. The van der Waals surface area contributed by atoms with Gasteiger partial charge in [-0.15, -0.1) is 0 Å². The molecule has 0 saturated heterocycles. The van der Waals surface area contributed by atoms with E-state index in [1.54, 1.807) is 30.3 Å². The highest BCUT2D eigenvalue weighted by atomic mass is 32.2. The van der Waals surface area contributed by atoms with Crippen LogP contribution in [0.25, 0.3) is 12.2 Å². The van der Waals surface area contributed by atoms with E-state index >= 15 is 0 Å². The summed E-state index contributed by atoms with van der Waals surface area (Å²) in [4.78, 5) is -0.225. The third-order valence-electron chi connectivity index (χ3n) is 5.84. The lowest BCUT2D eigenvalue weighted by Crippen LogP contribution is -2.28. The van der Waals surface area contributed by atoms with E-state index in [2.05, 4.69) is 6.58 Å². The highest BCUT2D eigenvalue weighted by molar-refractivity contribution is 7.86. The molecule has 3 aromatic rings. The number of rotatable bonds is 5. The maximum absolute atomic E-state index is 12.3. The average molecular weight is 467 g/mol. The fourth-order valence-electron chi connectivity index (χ4n) is 4.12. The largest absolute Gasteiger partial charge is 0.508 e. The smallest absolute Gasteiger partial charge is 0.295 e. The molecule has 0 bridgehead atoms. The van der Waals surface area contributed by atoms with Gasteiger partial charge in [-0.05, 0) is 87.4 Å². The summed E-state index contributed by atoms with van der Waals surface area (Å²) in [6.07, 6.45) is 0. The molecule has 0 spiro atoms. The van der Waals surface area contributed by atoms with Crippen LogP contribution in [-0.4, -0.2) is 23.2 Å². The topological polar surface area (TPSA) is 94.8 Å². The summed E-state index contributed by atoms with van der Waals surface area (Å²) in [5, 5.41) is 22.1. The SMILES string of the molecule is C=c1cc(O)c(C(C)C)cc1=C(c1cc(C(C)C)c(O)cc1C)c1ccccc1S(=O)(=O)O. The van der Waals surface area contributed by atoms with Crippen LogP contribution >= 0.6 is 0 Å². The first-order valence-electron chi connectivity index (χ1n) is 10.8. The minimum atomic E-state index is -4.53. The van der Waals surface area contributed by atoms with E-state index in [0.29, 0.717) is 38.3 Å². The lowest BCUT2D eigenvalue weighted by atomic mass is 9.87. The third kappa shape index (κ3) is 4.82. The monoisotopic (exact) mass is 466 g/mol.